The van der Waals surface area contributed by atoms with E-state index in [-0.39, 0.29) is 66.9 Å². The molecule has 41 heavy (non-hydrogen) atoms. The van der Waals surface area contributed by atoms with Crippen molar-refractivity contribution >= 4 is 48.0 Å². The Morgan fingerprint density at radius 3 is 1.24 bits per heavy atom. The van der Waals surface area contributed by atoms with E-state index in [0.29, 0.717) is 0 Å². The maximum absolute atomic E-state index is 2.47. The van der Waals surface area contributed by atoms with Crippen molar-refractivity contribution in [2.24, 2.45) is 0 Å². The van der Waals surface area contributed by atoms with Gasteiger partial charge in [0, 0.05) is 0 Å². The van der Waals surface area contributed by atoms with Gasteiger partial charge in [-0.25, -0.2) is 0 Å². The van der Waals surface area contributed by atoms with Gasteiger partial charge in [-0.3, -0.25) is 0 Å². The third-order valence-electron chi connectivity index (χ3n) is 7.49. The van der Waals surface area contributed by atoms with E-state index in [1.165, 1.54) is 110 Å². The topological polar surface area (TPSA) is 0 Å². The Labute approximate surface area is 286 Å². The molecule has 0 N–H and O–H groups in total. The Morgan fingerprint density at radius 1 is 0.488 bits per heavy atom. The molecule has 4 rings (SSSR count). The van der Waals surface area contributed by atoms with Crippen LogP contribution in [-0.2, 0) is 26.2 Å². The molecule has 0 aliphatic carbocycles. The first kappa shape index (κ1) is 41.0. The molecule has 224 valence electrons. The molecular formula is C36H52Cl2P2Zr. The van der Waals surface area contributed by atoms with E-state index in [1.807, 2.05) is 0 Å². The van der Waals surface area contributed by atoms with E-state index in [9.17, 15) is 0 Å². The van der Waals surface area contributed by atoms with Crippen molar-refractivity contribution < 1.29 is 51.0 Å². The Hall–Kier alpha value is -0.0169. The van der Waals surface area contributed by atoms with Gasteiger partial charge in [0.15, 0.2) is 0 Å². The van der Waals surface area contributed by atoms with Crippen LogP contribution in [0.3, 0.4) is 0 Å². The number of fused-ring (bicyclic) bond motifs is 2. The predicted molar refractivity (Wildman–Crippen MR) is 181 cm³/mol. The zero-order chi connectivity index (χ0) is 27.0. The molecule has 0 amide bonds. The predicted octanol–water partition coefficient (Wildman–Crippen LogP) is 5.32. The Kier molecular flexibility index (Phi) is 24.3. The molecule has 0 nitrogen and oxygen atoms in total. The monoisotopic (exact) mass is 706 g/mol. The SMILES string of the molecule is CCCCCCP(CCCCCC)c1cc2ccccc2[cH-]1.CCCP(CCC)c1cc2ccccc2[cH-]1.[Cl-].[Cl-].[Zr+4]. The van der Waals surface area contributed by atoms with Gasteiger partial charge in [0.1, 0.15) is 0 Å². The number of unbranched alkanes of at least 4 members (excludes halogenated alkanes) is 6. The van der Waals surface area contributed by atoms with E-state index in [2.05, 4.69) is 100 Å². The fourth-order valence-corrected chi connectivity index (χ4v) is 10.4. The summed E-state index contributed by atoms with van der Waals surface area (Å²) < 4.78 is 0. The molecule has 0 bridgehead atoms. The van der Waals surface area contributed by atoms with Crippen LogP contribution in [0.2, 0.25) is 0 Å². The first-order valence-corrected chi connectivity index (χ1v) is 18.9. The molecule has 0 saturated carbocycles. The van der Waals surface area contributed by atoms with Gasteiger partial charge in [0.05, 0.1) is 0 Å². The normalized spacial score (nSPS) is 10.7. The molecule has 0 aromatic heterocycles. The van der Waals surface area contributed by atoms with E-state index in [4.69, 9.17) is 0 Å². The van der Waals surface area contributed by atoms with Gasteiger partial charge in [0.25, 0.3) is 0 Å². The summed E-state index contributed by atoms with van der Waals surface area (Å²) in [6.07, 6.45) is 19.5. The van der Waals surface area contributed by atoms with Crippen LogP contribution in [0, 0.1) is 0 Å². The van der Waals surface area contributed by atoms with E-state index in [1.54, 1.807) is 10.6 Å². The number of halogens is 2. The van der Waals surface area contributed by atoms with Crippen molar-refractivity contribution in [3.8, 4) is 0 Å². The average Bonchev–Trinajstić information content (AvgIpc) is 3.57. The molecule has 0 aliphatic heterocycles. The minimum absolute atomic E-state index is 0. The number of rotatable bonds is 16. The quantitative estimate of drug-likeness (QED) is 0.0841. The molecule has 4 aromatic carbocycles. The van der Waals surface area contributed by atoms with Gasteiger partial charge < -0.3 is 24.8 Å². The maximum Gasteiger partial charge on any atom is 4.00 e. The molecule has 0 aliphatic rings. The molecule has 0 spiro atoms. The second-order valence-electron chi connectivity index (χ2n) is 10.8. The summed E-state index contributed by atoms with van der Waals surface area (Å²) >= 11 is 0. The van der Waals surface area contributed by atoms with Crippen molar-refractivity contribution in [2.45, 2.75) is 91.9 Å². The van der Waals surface area contributed by atoms with E-state index in [0.717, 1.165) is 0 Å². The van der Waals surface area contributed by atoms with Crippen LogP contribution in [0.5, 0.6) is 0 Å². The fourth-order valence-electron chi connectivity index (χ4n) is 5.37. The Balaban J connectivity index is 0.000000756. The van der Waals surface area contributed by atoms with E-state index >= 15 is 0 Å². The van der Waals surface area contributed by atoms with Crippen molar-refractivity contribution in [1.29, 1.82) is 0 Å². The summed E-state index contributed by atoms with van der Waals surface area (Å²) in [5.41, 5.74) is 0. The van der Waals surface area contributed by atoms with Crippen molar-refractivity contribution in [1.82, 2.24) is 0 Å². The van der Waals surface area contributed by atoms with Gasteiger partial charge >= 0.3 is 26.2 Å². The second kappa shape index (κ2) is 24.3. The smallest absolute Gasteiger partial charge is 1.00 e. The second-order valence-corrected chi connectivity index (χ2v) is 15.8. The summed E-state index contributed by atoms with van der Waals surface area (Å²) in [5.74, 6) is 0. The van der Waals surface area contributed by atoms with Gasteiger partial charge in [-0.1, -0.05) is 107 Å². The summed E-state index contributed by atoms with van der Waals surface area (Å²) in [5, 5.41) is 8.97. The summed E-state index contributed by atoms with van der Waals surface area (Å²) in [6, 6.07) is 27.3. The van der Waals surface area contributed by atoms with Crippen molar-refractivity contribution in [2.75, 3.05) is 24.6 Å². The van der Waals surface area contributed by atoms with Crippen molar-refractivity contribution in [3.05, 3.63) is 72.8 Å². The van der Waals surface area contributed by atoms with Gasteiger partial charge in [0.2, 0.25) is 0 Å². The molecule has 5 heteroatoms. The van der Waals surface area contributed by atoms with Gasteiger partial charge in [-0.2, -0.15) is 12.1 Å². The molecule has 0 unspecified atom stereocenters. The van der Waals surface area contributed by atoms with E-state index < -0.39 is 0 Å². The zero-order valence-corrected chi connectivity index (χ0v) is 31.7. The van der Waals surface area contributed by atoms with Gasteiger partial charge in [-0.05, 0) is 37.5 Å². The maximum atomic E-state index is 2.47. The summed E-state index contributed by atoms with van der Waals surface area (Å²) in [6.45, 7) is 9.20. The molecule has 0 radical (unpaired) electrons. The summed E-state index contributed by atoms with van der Waals surface area (Å²) in [4.78, 5) is 0. The fraction of sp³-hybridized carbons (Fsp3) is 0.500. The first-order valence-electron chi connectivity index (χ1n) is 15.5. The molecule has 0 atom stereocenters. The molecule has 4 aromatic rings. The van der Waals surface area contributed by atoms with Crippen molar-refractivity contribution in [3.63, 3.8) is 0 Å². The van der Waals surface area contributed by atoms with Crippen LogP contribution in [0.1, 0.15) is 91.9 Å². The summed E-state index contributed by atoms with van der Waals surface area (Å²) in [7, 11) is 0.161. The first-order chi connectivity index (χ1) is 18.7. The third-order valence-corrected chi connectivity index (χ3v) is 13.1. The van der Waals surface area contributed by atoms with Crippen LogP contribution in [-0.4, -0.2) is 24.6 Å². The minimum Gasteiger partial charge on any atom is -1.00 e. The van der Waals surface area contributed by atoms with Crippen LogP contribution in [0.25, 0.3) is 21.5 Å². The number of benzene rings is 2. The molecular weight excluding hydrogens is 656 g/mol. The third kappa shape index (κ3) is 14.1. The van der Waals surface area contributed by atoms with Crippen LogP contribution >= 0.6 is 15.8 Å². The number of hydrogen-bond donors (Lipinski definition) is 0. The molecule has 0 fully saturated rings. The van der Waals surface area contributed by atoms with Crippen LogP contribution in [0.15, 0.2) is 72.8 Å². The Bertz CT molecular complexity index is 1080. The minimum atomic E-state index is 0. The number of hydrogen-bond acceptors (Lipinski definition) is 0. The molecule has 0 heterocycles. The van der Waals surface area contributed by atoms with Gasteiger partial charge in [-0.15, -0.1) is 80.7 Å². The van der Waals surface area contributed by atoms with Crippen LogP contribution in [0.4, 0.5) is 0 Å². The zero-order valence-electron chi connectivity index (χ0n) is 26.0. The molecule has 0 saturated heterocycles. The average molecular weight is 709 g/mol. The standard InChI is InChI=1S/C21H32P.C15H20P.2ClH.Zr/c1-3-5-7-11-15-22(16-12-8-6-4-2)21-17-19-13-9-10-14-20(19)18-21;1-3-9-16(10-4-2)15-11-13-7-5-6-8-14(13)12-15;;;/h9-10,13-14,17-18H,3-8,11-12,15-16H2,1-2H3;5-8,11-12H,3-4,9-10H2,1-2H3;2*1H;/q2*-1;;;+4/p-2. The largest absolute Gasteiger partial charge is 4.00 e. The Morgan fingerprint density at radius 2 is 0.878 bits per heavy atom. The van der Waals surface area contributed by atoms with Crippen LogP contribution < -0.4 is 35.4 Å².